The number of aryl methyl sites for hydroxylation is 1. The normalized spacial score (nSPS) is 11.4. The van der Waals surface area contributed by atoms with Crippen molar-refractivity contribution in [3.05, 3.63) is 41.2 Å². The molecule has 0 atom stereocenters. The topological polar surface area (TPSA) is 46.5 Å². The van der Waals surface area contributed by atoms with Crippen LogP contribution in [0.5, 0.6) is 5.75 Å². The summed E-state index contributed by atoms with van der Waals surface area (Å²) in [4.78, 5) is 11.9. The number of hydrogen-bond donors (Lipinski definition) is 1. The summed E-state index contributed by atoms with van der Waals surface area (Å²) in [6.45, 7) is 6.08. The number of unbranched alkanes of at least 4 members (excludes halogenated alkanes) is 1. The number of carbonyl (C=O) groups excluding carboxylic acids is 1. The molecule has 0 bridgehead atoms. The molecule has 1 aromatic rings. The molecule has 1 N–H and O–H groups in total. The highest BCUT2D eigenvalue weighted by Gasteiger charge is 2.11. The lowest BCUT2D eigenvalue weighted by Gasteiger charge is -2.10. The van der Waals surface area contributed by atoms with Gasteiger partial charge < -0.3 is 9.84 Å². The van der Waals surface area contributed by atoms with Crippen LogP contribution in [0.15, 0.2) is 30.0 Å². The zero-order valence-electron chi connectivity index (χ0n) is 11.2. The Labute approximate surface area is 108 Å². The van der Waals surface area contributed by atoms with Crippen molar-refractivity contribution in [3.8, 4) is 5.75 Å². The van der Waals surface area contributed by atoms with Gasteiger partial charge in [0.1, 0.15) is 5.75 Å². The van der Waals surface area contributed by atoms with E-state index in [1.54, 1.807) is 12.1 Å². The van der Waals surface area contributed by atoms with E-state index < -0.39 is 0 Å². The fraction of sp³-hybridized carbons (Fsp3) is 0.400. The average molecular weight is 248 g/mol. The molecule has 18 heavy (non-hydrogen) atoms. The van der Waals surface area contributed by atoms with Crippen molar-refractivity contribution < 1.29 is 14.6 Å². The van der Waals surface area contributed by atoms with E-state index in [0.717, 1.165) is 18.4 Å². The maximum absolute atomic E-state index is 11.9. The quantitative estimate of drug-likeness (QED) is 0.360. The molecule has 0 amide bonds. The molecule has 0 aromatic heterocycles. The lowest BCUT2D eigenvalue weighted by atomic mass is 10.1. The second-order valence-electron chi connectivity index (χ2n) is 4.35. The van der Waals surface area contributed by atoms with Crippen molar-refractivity contribution in [3.63, 3.8) is 0 Å². The number of hydrogen-bond acceptors (Lipinski definition) is 3. The third kappa shape index (κ3) is 4.24. The van der Waals surface area contributed by atoms with Crippen LogP contribution in [0.3, 0.4) is 0 Å². The maximum Gasteiger partial charge on any atom is 0.192 e. The Hall–Kier alpha value is -1.77. The molecule has 0 spiro atoms. The van der Waals surface area contributed by atoms with Crippen molar-refractivity contribution in [1.29, 1.82) is 0 Å². The van der Waals surface area contributed by atoms with E-state index in [0.29, 0.717) is 17.9 Å². The van der Waals surface area contributed by atoms with E-state index in [2.05, 4.69) is 6.92 Å². The maximum atomic E-state index is 11.9. The van der Waals surface area contributed by atoms with E-state index in [1.165, 1.54) is 13.0 Å². The smallest absolute Gasteiger partial charge is 0.192 e. The van der Waals surface area contributed by atoms with Gasteiger partial charge in [0.05, 0.1) is 17.9 Å². The van der Waals surface area contributed by atoms with Crippen LogP contribution in [0.2, 0.25) is 0 Å². The van der Waals surface area contributed by atoms with Crippen molar-refractivity contribution in [2.45, 2.75) is 33.6 Å². The van der Waals surface area contributed by atoms with Crippen molar-refractivity contribution in [2.24, 2.45) is 0 Å². The third-order valence-corrected chi connectivity index (χ3v) is 2.50. The summed E-state index contributed by atoms with van der Waals surface area (Å²) >= 11 is 0. The van der Waals surface area contributed by atoms with E-state index in [9.17, 15) is 4.79 Å². The van der Waals surface area contributed by atoms with Crippen LogP contribution in [0, 0.1) is 6.92 Å². The monoisotopic (exact) mass is 248 g/mol. The molecule has 0 aliphatic carbocycles. The van der Waals surface area contributed by atoms with Crippen LogP contribution in [0.1, 0.15) is 42.6 Å². The van der Waals surface area contributed by atoms with Crippen LogP contribution >= 0.6 is 0 Å². The lowest BCUT2D eigenvalue weighted by Crippen LogP contribution is -2.04. The fourth-order valence-corrected chi connectivity index (χ4v) is 1.56. The number of aliphatic hydroxyl groups is 1. The molecule has 0 unspecified atom stereocenters. The summed E-state index contributed by atoms with van der Waals surface area (Å²) in [6, 6.07) is 5.50. The second kappa shape index (κ2) is 6.84. The molecule has 0 aliphatic heterocycles. The number of ether oxygens (including phenoxy) is 1. The Kier molecular flexibility index (Phi) is 5.43. The Morgan fingerprint density at radius 1 is 1.44 bits per heavy atom. The number of aliphatic hydroxyl groups excluding tert-OH is 1. The average Bonchev–Trinajstić information content (AvgIpc) is 2.30. The first-order valence-corrected chi connectivity index (χ1v) is 6.19. The SMILES string of the molecule is CCCCOc1ccc(C)cc1C(=O)/C=C(/C)O. The fourth-order valence-electron chi connectivity index (χ4n) is 1.56. The largest absolute Gasteiger partial charge is 0.512 e. The molecule has 98 valence electrons. The molecule has 3 nitrogen and oxygen atoms in total. The Morgan fingerprint density at radius 2 is 2.17 bits per heavy atom. The minimum Gasteiger partial charge on any atom is -0.512 e. The molecule has 0 saturated heterocycles. The summed E-state index contributed by atoms with van der Waals surface area (Å²) < 4.78 is 5.60. The summed E-state index contributed by atoms with van der Waals surface area (Å²) in [5, 5.41) is 9.16. The molecule has 1 rings (SSSR count). The van der Waals surface area contributed by atoms with Gasteiger partial charge in [-0.25, -0.2) is 0 Å². The molecule has 0 radical (unpaired) electrons. The van der Waals surface area contributed by atoms with Crippen LogP contribution in [0.25, 0.3) is 0 Å². The molecule has 0 saturated carbocycles. The second-order valence-corrected chi connectivity index (χ2v) is 4.35. The molecule has 0 aliphatic rings. The first-order chi connectivity index (χ1) is 8.54. The van der Waals surface area contributed by atoms with Crippen molar-refractivity contribution in [1.82, 2.24) is 0 Å². The highest BCUT2D eigenvalue weighted by molar-refractivity contribution is 6.06. The van der Waals surface area contributed by atoms with Gasteiger partial charge in [-0.05, 0) is 32.4 Å². The molecular formula is C15H20O3. The lowest BCUT2D eigenvalue weighted by molar-refractivity contribution is 0.103. The van der Waals surface area contributed by atoms with Crippen molar-refractivity contribution >= 4 is 5.78 Å². The first-order valence-electron chi connectivity index (χ1n) is 6.19. The zero-order valence-corrected chi connectivity index (χ0v) is 11.2. The number of allylic oxidation sites excluding steroid dienone is 2. The molecule has 0 heterocycles. The van der Waals surface area contributed by atoms with Crippen LogP contribution in [-0.4, -0.2) is 17.5 Å². The van der Waals surface area contributed by atoms with Crippen molar-refractivity contribution in [2.75, 3.05) is 6.61 Å². The highest BCUT2D eigenvalue weighted by atomic mass is 16.5. The zero-order chi connectivity index (χ0) is 13.5. The van der Waals surface area contributed by atoms with E-state index >= 15 is 0 Å². The number of rotatable bonds is 6. The standard InChI is InChI=1S/C15H20O3/c1-4-5-8-18-15-7-6-11(2)9-13(15)14(17)10-12(3)16/h6-7,9-10,16H,4-5,8H2,1-3H3/b12-10-. The van der Waals surface area contributed by atoms with Gasteiger partial charge in [-0.1, -0.05) is 25.0 Å². The highest BCUT2D eigenvalue weighted by Crippen LogP contribution is 2.21. The van der Waals surface area contributed by atoms with Crippen LogP contribution in [-0.2, 0) is 0 Å². The molecule has 3 heteroatoms. The van der Waals surface area contributed by atoms with Gasteiger partial charge in [0.25, 0.3) is 0 Å². The number of ketones is 1. The van der Waals surface area contributed by atoms with Gasteiger partial charge in [0, 0.05) is 6.08 Å². The number of carbonyl (C=O) groups is 1. The molecular weight excluding hydrogens is 228 g/mol. The predicted molar refractivity (Wildman–Crippen MR) is 72.3 cm³/mol. The minimum absolute atomic E-state index is 0.000939. The van der Waals surface area contributed by atoms with E-state index in [-0.39, 0.29) is 11.5 Å². The Balaban J connectivity index is 2.96. The Morgan fingerprint density at radius 3 is 2.78 bits per heavy atom. The number of benzene rings is 1. The van der Waals surface area contributed by atoms with Crippen LogP contribution in [0.4, 0.5) is 0 Å². The van der Waals surface area contributed by atoms with E-state index in [4.69, 9.17) is 9.84 Å². The van der Waals surface area contributed by atoms with Gasteiger partial charge in [0.2, 0.25) is 0 Å². The van der Waals surface area contributed by atoms with Gasteiger partial charge in [-0.3, -0.25) is 4.79 Å². The summed E-state index contributed by atoms with van der Waals surface area (Å²) in [5.74, 6) is 0.350. The summed E-state index contributed by atoms with van der Waals surface area (Å²) in [5.41, 5.74) is 1.49. The minimum atomic E-state index is -0.231. The molecule has 0 fully saturated rings. The first kappa shape index (κ1) is 14.3. The third-order valence-electron chi connectivity index (χ3n) is 2.50. The van der Waals surface area contributed by atoms with Gasteiger partial charge in [0.15, 0.2) is 5.78 Å². The predicted octanol–water partition coefficient (Wildman–Crippen LogP) is 3.82. The van der Waals surface area contributed by atoms with Crippen LogP contribution < -0.4 is 4.74 Å². The summed E-state index contributed by atoms with van der Waals surface area (Å²) in [6.07, 6.45) is 3.21. The van der Waals surface area contributed by atoms with Gasteiger partial charge >= 0.3 is 0 Å². The molecule has 1 aromatic carbocycles. The van der Waals surface area contributed by atoms with Gasteiger partial charge in [-0.2, -0.15) is 0 Å². The Bertz CT molecular complexity index is 443. The summed E-state index contributed by atoms with van der Waals surface area (Å²) in [7, 11) is 0. The van der Waals surface area contributed by atoms with Gasteiger partial charge in [-0.15, -0.1) is 0 Å². The van der Waals surface area contributed by atoms with E-state index in [1.807, 2.05) is 13.0 Å².